The number of aryl methyl sites for hydroxylation is 1. The number of sulfonamides is 1. The van der Waals surface area contributed by atoms with Gasteiger partial charge in [0.1, 0.15) is 5.65 Å². The van der Waals surface area contributed by atoms with Gasteiger partial charge in [-0.3, -0.25) is 0 Å². The molecule has 0 aliphatic heterocycles. The van der Waals surface area contributed by atoms with Gasteiger partial charge in [-0.25, -0.2) is 23.1 Å². The fraction of sp³-hybridized carbons (Fsp3) is 0.143. The average Bonchev–Trinajstić information content (AvgIpc) is 2.91. The Morgan fingerprint density at radius 3 is 2.81 bits per heavy atom. The summed E-state index contributed by atoms with van der Waals surface area (Å²) in [5.41, 5.74) is 2.52. The molecule has 0 bridgehead atoms. The first-order valence-corrected chi connectivity index (χ1v) is 7.88. The van der Waals surface area contributed by atoms with Gasteiger partial charge in [0.25, 0.3) is 10.0 Å². The number of imidazole rings is 1. The second-order valence-electron chi connectivity index (χ2n) is 4.65. The number of fused-ring (bicyclic) bond motifs is 1. The standard InChI is InChI=1S/C14H14N4O2S/c1-11-5-4-8-18-10-12(17-14(11)18)9-16-21(19,20)13-6-2-3-7-15-13/h2-8,10,16H,9H2,1H3. The maximum atomic E-state index is 12.1. The molecule has 3 aromatic rings. The molecule has 1 N–H and O–H groups in total. The lowest BCUT2D eigenvalue weighted by Crippen LogP contribution is -2.24. The number of aromatic nitrogens is 3. The van der Waals surface area contributed by atoms with Gasteiger partial charge in [-0.05, 0) is 30.7 Å². The summed E-state index contributed by atoms with van der Waals surface area (Å²) < 4.78 is 28.5. The molecule has 3 heterocycles. The summed E-state index contributed by atoms with van der Waals surface area (Å²) >= 11 is 0. The molecule has 7 heteroatoms. The third-order valence-corrected chi connectivity index (χ3v) is 4.40. The minimum Gasteiger partial charge on any atom is -0.307 e. The van der Waals surface area contributed by atoms with Crippen molar-refractivity contribution in [3.05, 3.63) is 60.2 Å². The molecule has 108 valence electrons. The summed E-state index contributed by atoms with van der Waals surface area (Å²) in [4.78, 5) is 8.27. The number of pyridine rings is 2. The number of rotatable bonds is 4. The van der Waals surface area contributed by atoms with E-state index in [0.29, 0.717) is 5.69 Å². The molecule has 0 radical (unpaired) electrons. The minimum atomic E-state index is -3.62. The van der Waals surface area contributed by atoms with Crippen LogP contribution in [0.3, 0.4) is 0 Å². The molecule has 0 aliphatic carbocycles. The van der Waals surface area contributed by atoms with Crippen molar-refractivity contribution in [1.29, 1.82) is 0 Å². The molecular formula is C14H14N4O2S. The van der Waals surface area contributed by atoms with Crippen molar-refractivity contribution < 1.29 is 8.42 Å². The Morgan fingerprint density at radius 1 is 1.24 bits per heavy atom. The van der Waals surface area contributed by atoms with Crippen LogP contribution in [0.4, 0.5) is 0 Å². The van der Waals surface area contributed by atoms with Crippen molar-refractivity contribution in [2.75, 3.05) is 0 Å². The highest BCUT2D eigenvalue weighted by molar-refractivity contribution is 7.89. The highest BCUT2D eigenvalue weighted by Crippen LogP contribution is 2.11. The van der Waals surface area contributed by atoms with Crippen LogP contribution < -0.4 is 4.72 Å². The number of hydrogen-bond acceptors (Lipinski definition) is 4. The highest BCUT2D eigenvalue weighted by atomic mass is 32.2. The van der Waals surface area contributed by atoms with E-state index in [1.807, 2.05) is 35.9 Å². The molecular weight excluding hydrogens is 288 g/mol. The van der Waals surface area contributed by atoms with E-state index in [9.17, 15) is 8.42 Å². The quantitative estimate of drug-likeness (QED) is 0.792. The molecule has 3 aromatic heterocycles. The molecule has 3 rings (SSSR count). The SMILES string of the molecule is Cc1cccn2cc(CNS(=O)(=O)c3ccccn3)nc12. The van der Waals surface area contributed by atoms with Gasteiger partial charge in [0, 0.05) is 18.6 Å². The molecule has 21 heavy (non-hydrogen) atoms. The Morgan fingerprint density at radius 2 is 2.10 bits per heavy atom. The van der Waals surface area contributed by atoms with Crippen molar-refractivity contribution >= 4 is 15.7 Å². The summed E-state index contributed by atoms with van der Waals surface area (Å²) in [5, 5.41) is 0.00458. The zero-order chi connectivity index (χ0) is 14.9. The predicted octanol–water partition coefficient (Wildman–Crippen LogP) is 1.52. The van der Waals surface area contributed by atoms with Gasteiger partial charge in [0.2, 0.25) is 0 Å². The van der Waals surface area contributed by atoms with E-state index >= 15 is 0 Å². The number of nitrogens with zero attached hydrogens (tertiary/aromatic N) is 3. The predicted molar refractivity (Wildman–Crippen MR) is 78.2 cm³/mol. The van der Waals surface area contributed by atoms with Crippen LogP contribution in [0, 0.1) is 6.92 Å². The lowest BCUT2D eigenvalue weighted by Gasteiger charge is -2.03. The van der Waals surface area contributed by atoms with E-state index in [1.54, 1.807) is 12.1 Å². The van der Waals surface area contributed by atoms with Crippen molar-refractivity contribution in [3.63, 3.8) is 0 Å². The van der Waals surface area contributed by atoms with Gasteiger partial charge < -0.3 is 4.40 Å². The molecule has 6 nitrogen and oxygen atoms in total. The third-order valence-electron chi connectivity index (χ3n) is 3.08. The molecule has 0 aromatic carbocycles. The van der Waals surface area contributed by atoms with E-state index in [0.717, 1.165) is 11.2 Å². The smallest absolute Gasteiger partial charge is 0.258 e. The fourth-order valence-electron chi connectivity index (χ4n) is 2.04. The van der Waals surface area contributed by atoms with Gasteiger partial charge in [-0.15, -0.1) is 0 Å². The maximum absolute atomic E-state index is 12.1. The van der Waals surface area contributed by atoms with Gasteiger partial charge in [-0.2, -0.15) is 0 Å². The molecule has 0 atom stereocenters. The van der Waals surface area contributed by atoms with Crippen molar-refractivity contribution in [2.45, 2.75) is 18.5 Å². The topological polar surface area (TPSA) is 76.4 Å². The Bertz CT molecular complexity index is 872. The normalized spacial score (nSPS) is 11.9. The van der Waals surface area contributed by atoms with Crippen LogP contribution in [0.25, 0.3) is 5.65 Å². The lowest BCUT2D eigenvalue weighted by molar-refractivity contribution is 0.576. The number of hydrogen-bond donors (Lipinski definition) is 1. The molecule has 0 fully saturated rings. The van der Waals surface area contributed by atoms with Crippen molar-refractivity contribution in [2.24, 2.45) is 0 Å². The van der Waals surface area contributed by atoms with Crippen LogP contribution >= 0.6 is 0 Å². The van der Waals surface area contributed by atoms with E-state index in [2.05, 4.69) is 14.7 Å². The Hall–Kier alpha value is -2.25. The highest BCUT2D eigenvalue weighted by Gasteiger charge is 2.15. The zero-order valence-electron chi connectivity index (χ0n) is 11.4. The first-order chi connectivity index (χ1) is 10.1. The van der Waals surface area contributed by atoms with E-state index in [1.165, 1.54) is 12.3 Å². The van der Waals surface area contributed by atoms with Crippen LogP contribution in [0.2, 0.25) is 0 Å². The monoisotopic (exact) mass is 302 g/mol. The molecule has 0 amide bonds. The maximum Gasteiger partial charge on any atom is 0.258 e. The van der Waals surface area contributed by atoms with E-state index in [4.69, 9.17) is 0 Å². The van der Waals surface area contributed by atoms with Crippen LogP contribution in [0.1, 0.15) is 11.3 Å². The largest absolute Gasteiger partial charge is 0.307 e. The van der Waals surface area contributed by atoms with Gasteiger partial charge in [-0.1, -0.05) is 12.1 Å². The first-order valence-electron chi connectivity index (χ1n) is 6.40. The van der Waals surface area contributed by atoms with Crippen LogP contribution in [-0.2, 0) is 16.6 Å². The minimum absolute atomic E-state index is 0.00458. The number of nitrogens with one attached hydrogen (secondary N) is 1. The van der Waals surface area contributed by atoms with Crippen LogP contribution in [0.5, 0.6) is 0 Å². The van der Waals surface area contributed by atoms with Gasteiger partial charge in [0.05, 0.1) is 12.2 Å². The summed E-state index contributed by atoms with van der Waals surface area (Å²) in [7, 11) is -3.62. The summed E-state index contributed by atoms with van der Waals surface area (Å²) in [5.74, 6) is 0. The summed E-state index contributed by atoms with van der Waals surface area (Å²) in [6.07, 6.45) is 5.14. The fourth-order valence-corrected chi connectivity index (χ4v) is 2.98. The summed E-state index contributed by atoms with van der Waals surface area (Å²) in [6, 6.07) is 8.64. The first kappa shape index (κ1) is 13.7. The Balaban J connectivity index is 1.82. The van der Waals surface area contributed by atoms with Crippen molar-refractivity contribution in [3.8, 4) is 0 Å². The van der Waals surface area contributed by atoms with E-state index in [-0.39, 0.29) is 11.6 Å². The molecule has 0 aliphatic rings. The molecule has 0 unspecified atom stereocenters. The van der Waals surface area contributed by atoms with Crippen LogP contribution in [0.15, 0.2) is 53.9 Å². The van der Waals surface area contributed by atoms with Crippen LogP contribution in [-0.4, -0.2) is 22.8 Å². The van der Waals surface area contributed by atoms with E-state index < -0.39 is 10.0 Å². The zero-order valence-corrected chi connectivity index (χ0v) is 12.2. The molecule has 0 saturated carbocycles. The lowest BCUT2D eigenvalue weighted by atomic mass is 10.3. The van der Waals surface area contributed by atoms with Gasteiger partial charge in [0.15, 0.2) is 5.03 Å². The molecule has 0 saturated heterocycles. The Kier molecular flexibility index (Phi) is 3.44. The third kappa shape index (κ3) is 2.79. The second-order valence-corrected chi connectivity index (χ2v) is 6.36. The molecule has 0 spiro atoms. The van der Waals surface area contributed by atoms with Crippen molar-refractivity contribution in [1.82, 2.24) is 19.1 Å². The summed E-state index contributed by atoms with van der Waals surface area (Å²) in [6.45, 7) is 2.09. The Labute approximate surface area is 122 Å². The second kappa shape index (κ2) is 5.27. The van der Waals surface area contributed by atoms with Gasteiger partial charge >= 0.3 is 0 Å². The average molecular weight is 302 g/mol.